The maximum atomic E-state index is 12.5. The Balaban J connectivity index is 1.98. The van der Waals surface area contributed by atoms with Gasteiger partial charge in [0.05, 0.1) is 16.0 Å². The molecule has 0 aliphatic carbocycles. The zero-order valence-corrected chi connectivity index (χ0v) is 14.8. The third-order valence-electron chi connectivity index (χ3n) is 4.32. The number of halogens is 2. The topological polar surface area (TPSA) is 23.6 Å². The minimum absolute atomic E-state index is 0.122. The molecule has 1 aliphatic rings. The minimum atomic E-state index is 0.122. The van der Waals surface area contributed by atoms with E-state index >= 15 is 0 Å². The van der Waals surface area contributed by atoms with Crippen molar-refractivity contribution in [3.05, 3.63) is 33.8 Å². The fraction of sp³-hybridized carbons (Fsp3) is 0.588. The summed E-state index contributed by atoms with van der Waals surface area (Å²) in [6.07, 6.45) is 2.06. The Hall–Kier alpha value is -0.770. The first-order chi connectivity index (χ1) is 10.5. The lowest BCUT2D eigenvalue weighted by molar-refractivity contribution is -0.137. The summed E-state index contributed by atoms with van der Waals surface area (Å²) >= 11 is 12.0. The lowest BCUT2D eigenvalue weighted by Crippen LogP contribution is -2.44. The van der Waals surface area contributed by atoms with E-state index in [1.54, 1.807) is 0 Å². The number of amides is 1. The van der Waals surface area contributed by atoms with E-state index in [4.69, 9.17) is 23.2 Å². The molecule has 22 heavy (non-hydrogen) atoms. The molecule has 1 aromatic rings. The molecule has 1 fully saturated rings. The van der Waals surface area contributed by atoms with Gasteiger partial charge in [-0.15, -0.1) is 0 Å². The van der Waals surface area contributed by atoms with Crippen LogP contribution in [0.15, 0.2) is 18.2 Å². The molecule has 0 bridgehead atoms. The van der Waals surface area contributed by atoms with Crippen LogP contribution in [0.4, 0.5) is 0 Å². The molecular formula is C17H24Cl2N2O. The van der Waals surface area contributed by atoms with Crippen molar-refractivity contribution in [3.63, 3.8) is 0 Å². The second-order valence-corrected chi connectivity index (χ2v) is 6.65. The molecule has 1 saturated heterocycles. The number of nitrogens with zero attached hydrogens (tertiary/aromatic N) is 2. The molecule has 0 spiro atoms. The van der Waals surface area contributed by atoms with Crippen LogP contribution in [-0.4, -0.2) is 41.9 Å². The number of piperidine rings is 1. The molecule has 1 aliphatic heterocycles. The third-order valence-corrected chi connectivity index (χ3v) is 5.06. The number of rotatable bonds is 5. The molecular weight excluding hydrogens is 319 g/mol. The maximum Gasteiger partial charge on any atom is 0.226 e. The van der Waals surface area contributed by atoms with E-state index < -0.39 is 0 Å². The molecule has 1 amide bonds. The fourth-order valence-corrected chi connectivity index (χ4v) is 3.41. The highest BCUT2D eigenvalue weighted by atomic mass is 35.5. The largest absolute Gasteiger partial charge is 0.343 e. The van der Waals surface area contributed by atoms with Gasteiger partial charge in [0.15, 0.2) is 0 Å². The van der Waals surface area contributed by atoms with Crippen molar-refractivity contribution < 1.29 is 4.79 Å². The fourth-order valence-electron chi connectivity index (χ4n) is 3.09. The van der Waals surface area contributed by atoms with Gasteiger partial charge >= 0.3 is 0 Å². The normalized spacial score (nSPS) is 19.2. The Morgan fingerprint density at radius 2 is 2.00 bits per heavy atom. The SMILES string of the molecule is CCN(CC)C(=O)C1CCCN(Cc2ccc(Cl)c(Cl)c2)C1. The lowest BCUT2D eigenvalue weighted by Gasteiger charge is -2.34. The van der Waals surface area contributed by atoms with Crippen LogP contribution in [0.1, 0.15) is 32.3 Å². The van der Waals surface area contributed by atoms with Crippen LogP contribution >= 0.6 is 23.2 Å². The Bertz CT molecular complexity index is 517. The second kappa shape index (κ2) is 8.19. The van der Waals surface area contributed by atoms with Crippen molar-refractivity contribution in [2.24, 2.45) is 5.92 Å². The van der Waals surface area contributed by atoms with Crippen LogP contribution < -0.4 is 0 Å². The highest BCUT2D eigenvalue weighted by molar-refractivity contribution is 6.42. The first-order valence-electron chi connectivity index (χ1n) is 8.00. The van der Waals surface area contributed by atoms with Gasteiger partial charge < -0.3 is 4.90 Å². The predicted molar refractivity (Wildman–Crippen MR) is 92.4 cm³/mol. The first-order valence-corrected chi connectivity index (χ1v) is 8.75. The smallest absolute Gasteiger partial charge is 0.226 e. The highest BCUT2D eigenvalue weighted by Crippen LogP contribution is 2.25. The van der Waals surface area contributed by atoms with Crippen molar-refractivity contribution in [1.82, 2.24) is 9.80 Å². The van der Waals surface area contributed by atoms with Gasteiger partial charge in [-0.1, -0.05) is 29.3 Å². The Kier molecular flexibility index (Phi) is 6.54. The Morgan fingerprint density at radius 3 is 2.64 bits per heavy atom. The molecule has 0 aromatic heterocycles. The van der Waals surface area contributed by atoms with Gasteiger partial charge in [-0.05, 0) is 50.9 Å². The number of carbonyl (C=O) groups excluding carboxylic acids is 1. The van der Waals surface area contributed by atoms with Gasteiger partial charge in [-0.2, -0.15) is 0 Å². The summed E-state index contributed by atoms with van der Waals surface area (Å²) in [6.45, 7) is 8.34. The van der Waals surface area contributed by atoms with E-state index in [9.17, 15) is 4.79 Å². The molecule has 1 heterocycles. The number of hydrogen-bond acceptors (Lipinski definition) is 2. The summed E-state index contributed by atoms with van der Waals surface area (Å²) in [5.41, 5.74) is 1.14. The summed E-state index contributed by atoms with van der Waals surface area (Å²) < 4.78 is 0. The molecule has 1 unspecified atom stereocenters. The van der Waals surface area contributed by atoms with Gasteiger partial charge in [0, 0.05) is 26.2 Å². The van der Waals surface area contributed by atoms with Crippen LogP contribution in [0.5, 0.6) is 0 Å². The van der Waals surface area contributed by atoms with Gasteiger partial charge in [-0.25, -0.2) is 0 Å². The van der Waals surface area contributed by atoms with Gasteiger partial charge in [-0.3, -0.25) is 9.69 Å². The molecule has 1 atom stereocenters. The second-order valence-electron chi connectivity index (χ2n) is 5.83. The summed E-state index contributed by atoms with van der Waals surface area (Å²) in [6, 6.07) is 5.76. The quantitative estimate of drug-likeness (QED) is 0.804. The van der Waals surface area contributed by atoms with E-state index in [-0.39, 0.29) is 5.92 Å². The third kappa shape index (κ3) is 4.37. The van der Waals surface area contributed by atoms with E-state index in [0.29, 0.717) is 16.0 Å². The van der Waals surface area contributed by atoms with Crippen molar-refractivity contribution in [2.75, 3.05) is 26.2 Å². The first kappa shape index (κ1) is 17.6. The average molecular weight is 343 g/mol. The standard InChI is InChI=1S/C17H24Cl2N2O/c1-3-21(4-2)17(22)14-6-5-9-20(12-14)11-13-7-8-15(18)16(19)10-13/h7-8,10,14H,3-6,9,11-12H2,1-2H3. The molecule has 2 rings (SSSR count). The molecule has 1 aromatic carbocycles. The van der Waals surface area contributed by atoms with Crippen LogP contribution in [0.2, 0.25) is 10.0 Å². The van der Waals surface area contributed by atoms with Gasteiger partial charge in [0.25, 0.3) is 0 Å². The summed E-state index contributed by atoms with van der Waals surface area (Å²) in [7, 11) is 0. The van der Waals surface area contributed by atoms with Crippen molar-refractivity contribution in [1.29, 1.82) is 0 Å². The van der Waals surface area contributed by atoms with Crippen LogP contribution in [0.3, 0.4) is 0 Å². The van der Waals surface area contributed by atoms with Crippen LogP contribution in [0.25, 0.3) is 0 Å². The van der Waals surface area contributed by atoms with Crippen molar-refractivity contribution >= 4 is 29.1 Å². The molecule has 0 saturated carbocycles. The highest BCUT2D eigenvalue weighted by Gasteiger charge is 2.28. The number of likely N-dealkylation sites (tertiary alicyclic amines) is 1. The minimum Gasteiger partial charge on any atom is -0.343 e. The molecule has 0 radical (unpaired) electrons. The van der Waals surface area contributed by atoms with E-state index in [2.05, 4.69) is 4.90 Å². The van der Waals surface area contributed by atoms with Crippen LogP contribution in [-0.2, 0) is 11.3 Å². The van der Waals surface area contributed by atoms with Gasteiger partial charge in [0.1, 0.15) is 0 Å². The Labute approximate surface area is 143 Å². The molecule has 5 heteroatoms. The lowest BCUT2D eigenvalue weighted by atomic mass is 9.96. The summed E-state index contributed by atoms with van der Waals surface area (Å²) in [5.74, 6) is 0.417. The van der Waals surface area contributed by atoms with E-state index in [0.717, 1.165) is 51.1 Å². The van der Waals surface area contributed by atoms with Gasteiger partial charge in [0.2, 0.25) is 5.91 Å². The number of benzene rings is 1. The number of hydrogen-bond donors (Lipinski definition) is 0. The molecule has 122 valence electrons. The average Bonchev–Trinajstić information content (AvgIpc) is 2.52. The zero-order valence-electron chi connectivity index (χ0n) is 13.3. The zero-order chi connectivity index (χ0) is 16.1. The maximum absolute atomic E-state index is 12.5. The molecule has 0 N–H and O–H groups in total. The van der Waals surface area contributed by atoms with E-state index in [1.807, 2.05) is 36.9 Å². The monoisotopic (exact) mass is 342 g/mol. The molecule has 3 nitrogen and oxygen atoms in total. The van der Waals surface area contributed by atoms with Crippen molar-refractivity contribution in [3.8, 4) is 0 Å². The number of carbonyl (C=O) groups is 1. The summed E-state index contributed by atoms with van der Waals surface area (Å²) in [5, 5.41) is 1.17. The summed E-state index contributed by atoms with van der Waals surface area (Å²) in [4.78, 5) is 16.8. The van der Waals surface area contributed by atoms with Crippen molar-refractivity contribution in [2.45, 2.75) is 33.2 Å². The predicted octanol–water partition coefficient (Wildman–Crippen LogP) is 4.07. The van der Waals surface area contributed by atoms with Crippen LogP contribution in [0, 0.1) is 5.92 Å². The Morgan fingerprint density at radius 1 is 1.27 bits per heavy atom. The van der Waals surface area contributed by atoms with E-state index in [1.165, 1.54) is 0 Å².